The number of nitrogens with zero attached hydrogens (tertiary/aromatic N) is 1. The monoisotopic (exact) mass is 278 g/mol. The minimum Gasteiger partial charge on any atom is -0.384 e. The minimum atomic E-state index is 0.506. The molecule has 1 aliphatic carbocycles. The molecule has 0 bridgehead atoms. The van der Waals surface area contributed by atoms with Crippen molar-refractivity contribution in [1.29, 1.82) is 5.26 Å². The molecule has 84 valence electrons. The average Bonchev–Trinajstić information content (AvgIpc) is 2.84. The third-order valence-electron chi connectivity index (χ3n) is 3.35. The average molecular weight is 279 g/mol. The molecule has 0 spiro atoms. The quantitative estimate of drug-likeness (QED) is 0.914. The van der Waals surface area contributed by atoms with Crippen molar-refractivity contribution < 1.29 is 0 Å². The molecule has 1 aliphatic rings. The zero-order chi connectivity index (χ0) is 11.8. The zero-order valence-electron chi connectivity index (χ0n) is 9.55. The molecule has 2 nitrogen and oxygen atoms in total. The Morgan fingerprint density at radius 2 is 2.25 bits per heavy atom. The van der Waals surface area contributed by atoms with Crippen LogP contribution in [0.3, 0.4) is 0 Å². The van der Waals surface area contributed by atoms with E-state index in [4.69, 9.17) is 5.26 Å². The van der Waals surface area contributed by atoms with E-state index in [-0.39, 0.29) is 0 Å². The SMILES string of the molecule is CC1(C)CC1CNc1ccc(C#N)cc1Br. The van der Waals surface area contributed by atoms with E-state index in [2.05, 4.69) is 41.2 Å². The van der Waals surface area contributed by atoms with Gasteiger partial charge in [0.25, 0.3) is 0 Å². The lowest BCUT2D eigenvalue weighted by Gasteiger charge is -2.09. The fourth-order valence-corrected chi connectivity index (χ4v) is 2.40. The van der Waals surface area contributed by atoms with E-state index >= 15 is 0 Å². The number of anilines is 1. The Morgan fingerprint density at radius 1 is 1.56 bits per heavy atom. The van der Waals surface area contributed by atoms with Gasteiger partial charge in [0.1, 0.15) is 0 Å². The van der Waals surface area contributed by atoms with Gasteiger partial charge in [-0.25, -0.2) is 0 Å². The van der Waals surface area contributed by atoms with Crippen LogP contribution in [0.2, 0.25) is 0 Å². The van der Waals surface area contributed by atoms with Crippen molar-refractivity contribution in [2.75, 3.05) is 11.9 Å². The van der Waals surface area contributed by atoms with Crippen LogP contribution in [0.1, 0.15) is 25.8 Å². The molecule has 0 heterocycles. The van der Waals surface area contributed by atoms with E-state index in [9.17, 15) is 0 Å². The van der Waals surface area contributed by atoms with Crippen LogP contribution in [-0.4, -0.2) is 6.54 Å². The molecular weight excluding hydrogens is 264 g/mol. The van der Waals surface area contributed by atoms with Crippen molar-refractivity contribution >= 4 is 21.6 Å². The van der Waals surface area contributed by atoms with Gasteiger partial charge in [0.05, 0.1) is 11.6 Å². The molecule has 1 unspecified atom stereocenters. The normalized spacial score (nSPS) is 21.2. The standard InChI is InChI=1S/C13H15BrN2/c1-13(2)6-10(13)8-16-12-4-3-9(7-15)5-11(12)14/h3-5,10,16H,6,8H2,1-2H3. The zero-order valence-corrected chi connectivity index (χ0v) is 11.1. The smallest absolute Gasteiger partial charge is 0.0992 e. The second-order valence-electron chi connectivity index (χ2n) is 5.08. The largest absolute Gasteiger partial charge is 0.384 e. The lowest BCUT2D eigenvalue weighted by molar-refractivity contribution is 0.573. The van der Waals surface area contributed by atoms with Crippen LogP contribution in [-0.2, 0) is 0 Å². The molecule has 1 saturated carbocycles. The van der Waals surface area contributed by atoms with Crippen LogP contribution >= 0.6 is 15.9 Å². The van der Waals surface area contributed by atoms with E-state index < -0.39 is 0 Å². The second kappa shape index (κ2) is 4.10. The van der Waals surface area contributed by atoms with Crippen LogP contribution in [0.15, 0.2) is 22.7 Å². The summed E-state index contributed by atoms with van der Waals surface area (Å²) in [7, 11) is 0. The Hall–Kier alpha value is -1.01. The summed E-state index contributed by atoms with van der Waals surface area (Å²) in [6, 6.07) is 7.77. The van der Waals surface area contributed by atoms with Crippen molar-refractivity contribution in [3.05, 3.63) is 28.2 Å². The Labute approximate surface area is 105 Å². The molecule has 0 aromatic heterocycles. The van der Waals surface area contributed by atoms with Gasteiger partial charge in [-0.3, -0.25) is 0 Å². The van der Waals surface area contributed by atoms with E-state index in [0.717, 1.165) is 22.6 Å². The number of rotatable bonds is 3. The van der Waals surface area contributed by atoms with Crippen molar-refractivity contribution in [2.24, 2.45) is 11.3 Å². The fourth-order valence-electron chi connectivity index (χ4n) is 1.89. The summed E-state index contributed by atoms with van der Waals surface area (Å²) in [5.41, 5.74) is 2.26. The molecule has 1 fully saturated rings. The van der Waals surface area contributed by atoms with Gasteiger partial charge in [-0.2, -0.15) is 5.26 Å². The summed E-state index contributed by atoms with van der Waals surface area (Å²) < 4.78 is 0.963. The number of halogens is 1. The molecule has 1 atom stereocenters. The highest BCUT2D eigenvalue weighted by Gasteiger charge is 2.44. The molecule has 2 rings (SSSR count). The number of benzene rings is 1. The fraction of sp³-hybridized carbons (Fsp3) is 0.462. The summed E-state index contributed by atoms with van der Waals surface area (Å²) in [6.07, 6.45) is 1.30. The van der Waals surface area contributed by atoms with Crippen molar-refractivity contribution in [2.45, 2.75) is 20.3 Å². The Bertz CT molecular complexity index is 446. The van der Waals surface area contributed by atoms with Gasteiger partial charge in [-0.1, -0.05) is 13.8 Å². The van der Waals surface area contributed by atoms with Crippen LogP contribution < -0.4 is 5.32 Å². The lowest BCUT2D eigenvalue weighted by Crippen LogP contribution is -2.07. The summed E-state index contributed by atoms with van der Waals surface area (Å²) in [6.45, 7) is 5.61. The van der Waals surface area contributed by atoms with Crippen molar-refractivity contribution in [3.63, 3.8) is 0 Å². The first-order chi connectivity index (χ1) is 7.53. The molecule has 1 aromatic carbocycles. The number of nitrogens with one attached hydrogen (secondary N) is 1. The first-order valence-corrected chi connectivity index (χ1v) is 6.26. The van der Waals surface area contributed by atoms with E-state index in [1.807, 2.05) is 18.2 Å². The highest BCUT2D eigenvalue weighted by atomic mass is 79.9. The van der Waals surface area contributed by atoms with E-state index in [0.29, 0.717) is 11.0 Å². The van der Waals surface area contributed by atoms with Gasteiger partial charge in [-0.05, 0) is 51.9 Å². The molecule has 0 aliphatic heterocycles. The molecule has 0 saturated heterocycles. The molecule has 3 heteroatoms. The lowest BCUT2D eigenvalue weighted by atomic mass is 10.1. The maximum Gasteiger partial charge on any atom is 0.0992 e. The molecule has 0 amide bonds. The summed E-state index contributed by atoms with van der Waals surface area (Å²) in [5.74, 6) is 0.773. The Kier molecular flexibility index (Phi) is 2.94. The maximum absolute atomic E-state index is 8.76. The molecular formula is C13H15BrN2. The van der Waals surface area contributed by atoms with Crippen LogP contribution in [0, 0.1) is 22.7 Å². The van der Waals surface area contributed by atoms with Gasteiger partial charge >= 0.3 is 0 Å². The van der Waals surface area contributed by atoms with Crippen molar-refractivity contribution in [1.82, 2.24) is 0 Å². The van der Waals surface area contributed by atoms with Gasteiger partial charge in [0.15, 0.2) is 0 Å². The van der Waals surface area contributed by atoms with Crippen LogP contribution in [0.4, 0.5) is 5.69 Å². The predicted molar refractivity (Wildman–Crippen MR) is 69.2 cm³/mol. The molecule has 0 radical (unpaired) electrons. The number of nitriles is 1. The number of hydrogen-bond donors (Lipinski definition) is 1. The first-order valence-electron chi connectivity index (χ1n) is 5.46. The van der Waals surface area contributed by atoms with E-state index in [1.165, 1.54) is 6.42 Å². The second-order valence-corrected chi connectivity index (χ2v) is 5.93. The maximum atomic E-state index is 8.76. The third kappa shape index (κ3) is 2.38. The van der Waals surface area contributed by atoms with Gasteiger partial charge in [-0.15, -0.1) is 0 Å². The molecule has 1 N–H and O–H groups in total. The highest BCUT2D eigenvalue weighted by molar-refractivity contribution is 9.10. The highest BCUT2D eigenvalue weighted by Crippen LogP contribution is 2.51. The molecule has 1 aromatic rings. The topological polar surface area (TPSA) is 35.8 Å². The minimum absolute atomic E-state index is 0.506. The van der Waals surface area contributed by atoms with E-state index in [1.54, 1.807) is 0 Å². The third-order valence-corrected chi connectivity index (χ3v) is 4.01. The summed E-state index contributed by atoms with van der Waals surface area (Å²) in [5, 5.41) is 12.2. The predicted octanol–water partition coefficient (Wildman–Crippen LogP) is 3.78. The number of hydrogen-bond acceptors (Lipinski definition) is 2. The Balaban J connectivity index is 1.98. The van der Waals surface area contributed by atoms with Gasteiger partial charge < -0.3 is 5.32 Å². The van der Waals surface area contributed by atoms with Crippen molar-refractivity contribution in [3.8, 4) is 6.07 Å². The first kappa shape index (κ1) is 11.5. The van der Waals surface area contributed by atoms with Gasteiger partial charge in [0.2, 0.25) is 0 Å². The van der Waals surface area contributed by atoms with Crippen LogP contribution in [0.5, 0.6) is 0 Å². The molecule has 16 heavy (non-hydrogen) atoms. The van der Waals surface area contributed by atoms with Gasteiger partial charge in [0, 0.05) is 16.7 Å². The summed E-state index contributed by atoms with van der Waals surface area (Å²) >= 11 is 3.47. The summed E-state index contributed by atoms with van der Waals surface area (Å²) in [4.78, 5) is 0. The van der Waals surface area contributed by atoms with Crippen LogP contribution in [0.25, 0.3) is 0 Å². The Morgan fingerprint density at radius 3 is 2.75 bits per heavy atom.